The molecule has 0 spiro atoms. The topological polar surface area (TPSA) is 52.8 Å². The van der Waals surface area contributed by atoms with Crippen molar-refractivity contribution in [1.29, 1.82) is 0 Å². The summed E-state index contributed by atoms with van der Waals surface area (Å²) in [6.45, 7) is 2.02. The average Bonchev–Trinajstić information content (AvgIpc) is 2.16. The number of aromatic hydroxyl groups is 1. The summed E-state index contributed by atoms with van der Waals surface area (Å²) in [5.74, 6) is 0.220. The Morgan fingerprint density at radius 2 is 1.92 bits per heavy atom. The van der Waals surface area contributed by atoms with E-state index in [0.717, 1.165) is 18.4 Å². The molecule has 2 N–H and O–H groups in total. The molecule has 3 heteroatoms. The highest BCUT2D eigenvalue weighted by atomic mass is 16.4. The molecular formula is C10H13NO2. The molecule has 1 aromatic rings. The molecule has 1 rings (SSSR count). The summed E-state index contributed by atoms with van der Waals surface area (Å²) in [7, 11) is 0. The van der Waals surface area contributed by atoms with Gasteiger partial charge in [-0.25, -0.2) is 0 Å². The molecule has 0 atom stereocenters. The van der Waals surface area contributed by atoms with Gasteiger partial charge in [-0.1, -0.05) is 18.5 Å². The third kappa shape index (κ3) is 2.47. The van der Waals surface area contributed by atoms with Crippen LogP contribution in [0.3, 0.4) is 0 Å². The fourth-order valence-corrected chi connectivity index (χ4v) is 1.14. The highest BCUT2D eigenvalue weighted by Crippen LogP contribution is 2.12. The quantitative estimate of drug-likeness (QED) is 0.425. The van der Waals surface area contributed by atoms with Gasteiger partial charge >= 0.3 is 0 Å². The smallest absolute Gasteiger partial charge is 0.115 e. The number of phenolic OH excluding ortho intramolecular Hbond substituents is 1. The van der Waals surface area contributed by atoms with Gasteiger partial charge in [0.1, 0.15) is 5.75 Å². The molecule has 3 nitrogen and oxygen atoms in total. The Morgan fingerprint density at radius 3 is 2.38 bits per heavy atom. The lowest BCUT2D eigenvalue weighted by Gasteiger charge is -2.02. The maximum atomic E-state index is 9.04. The zero-order valence-corrected chi connectivity index (χ0v) is 7.57. The third-order valence-corrected chi connectivity index (χ3v) is 1.81. The number of nitrogens with zero attached hydrogens (tertiary/aromatic N) is 1. The molecule has 0 heterocycles. The minimum Gasteiger partial charge on any atom is -0.508 e. The minimum absolute atomic E-state index is 0.220. The lowest BCUT2D eigenvalue weighted by molar-refractivity contribution is 0.318. The Kier molecular flexibility index (Phi) is 3.31. The monoisotopic (exact) mass is 179 g/mol. The van der Waals surface area contributed by atoms with Crippen molar-refractivity contribution >= 4 is 5.71 Å². The molecule has 13 heavy (non-hydrogen) atoms. The van der Waals surface area contributed by atoms with Crippen LogP contribution in [-0.2, 0) is 0 Å². The maximum absolute atomic E-state index is 9.04. The van der Waals surface area contributed by atoms with Crippen LogP contribution in [0, 0.1) is 0 Å². The first-order chi connectivity index (χ1) is 6.27. The number of hydrogen-bond acceptors (Lipinski definition) is 3. The second-order valence-electron chi connectivity index (χ2n) is 2.84. The van der Waals surface area contributed by atoms with Crippen molar-refractivity contribution in [3.05, 3.63) is 29.8 Å². The van der Waals surface area contributed by atoms with Gasteiger partial charge < -0.3 is 10.3 Å². The van der Waals surface area contributed by atoms with E-state index >= 15 is 0 Å². The second kappa shape index (κ2) is 4.50. The Hall–Kier alpha value is -1.51. The van der Waals surface area contributed by atoms with Crippen LogP contribution in [-0.4, -0.2) is 16.0 Å². The standard InChI is InChI=1S/C10H13NO2/c1-2-3-10(11-13)8-4-6-9(12)7-5-8/h4-7,12-13H,2-3H2,1H3/b11-10-. The van der Waals surface area contributed by atoms with Crippen LogP contribution in [0.4, 0.5) is 0 Å². The van der Waals surface area contributed by atoms with Crippen LogP contribution in [0.2, 0.25) is 0 Å². The predicted molar refractivity (Wildman–Crippen MR) is 51.3 cm³/mol. The van der Waals surface area contributed by atoms with E-state index in [1.54, 1.807) is 24.3 Å². The molecule has 0 aliphatic heterocycles. The molecule has 0 saturated carbocycles. The molecule has 70 valence electrons. The van der Waals surface area contributed by atoms with E-state index in [1.807, 2.05) is 6.92 Å². The number of phenols is 1. The van der Waals surface area contributed by atoms with Crippen molar-refractivity contribution in [3.8, 4) is 5.75 Å². The minimum atomic E-state index is 0.220. The van der Waals surface area contributed by atoms with Crippen LogP contribution in [0.1, 0.15) is 25.3 Å². The molecule has 0 fully saturated rings. The summed E-state index contributed by atoms with van der Waals surface area (Å²) in [6.07, 6.45) is 1.67. The number of oxime groups is 1. The summed E-state index contributed by atoms with van der Waals surface area (Å²) in [5.41, 5.74) is 1.50. The normalized spacial score (nSPS) is 11.6. The van der Waals surface area contributed by atoms with Crippen LogP contribution < -0.4 is 0 Å². The predicted octanol–water partition coefficient (Wildman–Crippen LogP) is 2.37. The summed E-state index contributed by atoms with van der Waals surface area (Å²) < 4.78 is 0. The lowest BCUT2D eigenvalue weighted by atomic mass is 10.1. The molecule has 0 aliphatic carbocycles. The van der Waals surface area contributed by atoms with Gasteiger partial charge in [0, 0.05) is 0 Å². The summed E-state index contributed by atoms with van der Waals surface area (Å²) in [4.78, 5) is 0. The fraction of sp³-hybridized carbons (Fsp3) is 0.300. The molecule has 0 bridgehead atoms. The van der Waals surface area contributed by atoms with Crippen molar-refractivity contribution in [1.82, 2.24) is 0 Å². The molecule has 1 aromatic carbocycles. The highest BCUT2D eigenvalue weighted by molar-refractivity contribution is 6.00. The van der Waals surface area contributed by atoms with E-state index in [2.05, 4.69) is 5.16 Å². The van der Waals surface area contributed by atoms with Crippen LogP contribution in [0.5, 0.6) is 5.75 Å². The van der Waals surface area contributed by atoms with Crippen molar-refractivity contribution in [2.24, 2.45) is 5.16 Å². The number of rotatable bonds is 3. The van der Waals surface area contributed by atoms with E-state index in [9.17, 15) is 0 Å². The largest absolute Gasteiger partial charge is 0.508 e. The SMILES string of the molecule is CCC/C(=N/O)c1ccc(O)cc1. The fourth-order valence-electron chi connectivity index (χ4n) is 1.14. The molecule has 0 saturated heterocycles. The average molecular weight is 179 g/mol. The van der Waals surface area contributed by atoms with E-state index in [0.29, 0.717) is 5.71 Å². The lowest BCUT2D eigenvalue weighted by Crippen LogP contribution is -1.99. The first kappa shape index (κ1) is 9.58. The molecular weight excluding hydrogens is 166 g/mol. The van der Waals surface area contributed by atoms with Crippen molar-refractivity contribution in [2.45, 2.75) is 19.8 Å². The van der Waals surface area contributed by atoms with Crippen molar-refractivity contribution in [2.75, 3.05) is 0 Å². The summed E-state index contributed by atoms with van der Waals surface area (Å²) >= 11 is 0. The molecule has 0 radical (unpaired) electrons. The molecule has 0 unspecified atom stereocenters. The Morgan fingerprint density at radius 1 is 1.31 bits per heavy atom. The van der Waals surface area contributed by atoms with Crippen molar-refractivity contribution < 1.29 is 10.3 Å². The molecule has 0 aromatic heterocycles. The Bertz CT molecular complexity index is 290. The number of benzene rings is 1. The van der Waals surface area contributed by atoms with Crippen LogP contribution in [0.25, 0.3) is 0 Å². The number of hydrogen-bond donors (Lipinski definition) is 2. The van der Waals surface area contributed by atoms with Gasteiger partial charge in [-0.15, -0.1) is 0 Å². The van der Waals surface area contributed by atoms with E-state index in [1.165, 1.54) is 0 Å². The second-order valence-corrected chi connectivity index (χ2v) is 2.84. The Balaban J connectivity index is 2.87. The maximum Gasteiger partial charge on any atom is 0.115 e. The third-order valence-electron chi connectivity index (χ3n) is 1.81. The highest BCUT2D eigenvalue weighted by Gasteiger charge is 2.02. The van der Waals surface area contributed by atoms with Gasteiger partial charge in [0.25, 0.3) is 0 Å². The van der Waals surface area contributed by atoms with Gasteiger partial charge in [0.2, 0.25) is 0 Å². The summed E-state index contributed by atoms with van der Waals surface area (Å²) in [5, 5.41) is 21.0. The summed E-state index contributed by atoms with van der Waals surface area (Å²) in [6, 6.07) is 6.63. The first-order valence-corrected chi connectivity index (χ1v) is 4.28. The van der Waals surface area contributed by atoms with E-state index < -0.39 is 0 Å². The van der Waals surface area contributed by atoms with Gasteiger partial charge in [0.05, 0.1) is 5.71 Å². The van der Waals surface area contributed by atoms with Gasteiger partial charge in [-0.2, -0.15) is 0 Å². The zero-order valence-electron chi connectivity index (χ0n) is 7.57. The molecule has 0 amide bonds. The van der Waals surface area contributed by atoms with Gasteiger partial charge in [-0.05, 0) is 36.2 Å². The van der Waals surface area contributed by atoms with Gasteiger partial charge in [0.15, 0.2) is 0 Å². The van der Waals surface area contributed by atoms with E-state index in [-0.39, 0.29) is 5.75 Å². The molecule has 0 aliphatic rings. The van der Waals surface area contributed by atoms with Crippen LogP contribution in [0.15, 0.2) is 29.4 Å². The van der Waals surface area contributed by atoms with Crippen molar-refractivity contribution in [3.63, 3.8) is 0 Å². The van der Waals surface area contributed by atoms with E-state index in [4.69, 9.17) is 10.3 Å². The first-order valence-electron chi connectivity index (χ1n) is 4.28. The zero-order chi connectivity index (χ0) is 9.68. The Labute approximate surface area is 77.3 Å². The van der Waals surface area contributed by atoms with Gasteiger partial charge in [-0.3, -0.25) is 0 Å². The van der Waals surface area contributed by atoms with Crippen LogP contribution >= 0.6 is 0 Å².